The van der Waals surface area contributed by atoms with Crippen LogP contribution in [0.4, 0.5) is 4.79 Å². The number of carboxylic acids is 1. The molecule has 1 unspecified atom stereocenters. The Balaban J connectivity index is 2.31. The summed E-state index contributed by atoms with van der Waals surface area (Å²) in [4.78, 5) is 24.1. The van der Waals surface area contributed by atoms with E-state index in [1.165, 1.54) is 0 Å². The van der Waals surface area contributed by atoms with Crippen LogP contribution in [-0.2, 0) is 9.53 Å². The third-order valence-electron chi connectivity index (χ3n) is 2.85. The molecule has 0 aliphatic carbocycles. The molecule has 1 rings (SSSR count). The van der Waals surface area contributed by atoms with Crippen LogP contribution < -0.4 is 5.32 Å². The van der Waals surface area contributed by atoms with E-state index in [1.807, 2.05) is 0 Å². The Hall–Kier alpha value is -1.30. The lowest BCUT2D eigenvalue weighted by Crippen LogP contribution is -2.43. The Morgan fingerprint density at radius 1 is 1.53 bits per heavy atom. The topological polar surface area (TPSA) is 78.9 Å². The minimum atomic E-state index is -0.853. The number of carboxylic acid groups (broad SMARTS) is 1. The molecule has 98 valence electrons. The molecule has 2 amide bonds. The van der Waals surface area contributed by atoms with Crippen molar-refractivity contribution in [3.8, 4) is 0 Å². The summed E-state index contributed by atoms with van der Waals surface area (Å²) in [6.45, 7) is 1.82. The van der Waals surface area contributed by atoms with E-state index in [2.05, 4.69) is 5.32 Å². The predicted molar refractivity (Wildman–Crippen MR) is 61.9 cm³/mol. The zero-order valence-electron chi connectivity index (χ0n) is 10.1. The summed E-state index contributed by atoms with van der Waals surface area (Å²) in [5.74, 6) is -0.853. The van der Waals surface area contributed by atoms with Crippen LogP contribution in [0.15, 0.2) is 0 Å². The van der Waals surface area contributed by atoms with E-state index >= 15 is 0 Å². The predicted octanol–water partition coefficient (Wildman–Crippen LogP) is 0.672. The molecule has 0 aromatic heterocycles. The zero-order chi connectivity index (χ0) is 12.7. The summed E-state index contributed by atoms with van der Waals surface area (Å²) in [7, 11) is 1.62. The summed E-state index contributed by atoms with van der Waals surface area (Å²) in [6.07, 6.45) is 2.45. The fourth-order valence-corrected chi connectivity index (χ4v) is 2.03. The van der Waals surface area contributed by atoms with E-state index in [4.69, 9.17) is 9.84 Å². The van der Waals surface area contributed by atoms with Crippen LogP contribution in [0, 0.1) is 0 Å². The van der Waals surface area contributed by atoms with Crippen LogP contribution in [0.1, 0.15) is 25.7 Å². The number of methoxy groups -OCH3 is 1. The number of likely N-dealkylation sites (tertiary alicyclic amines) is 1. The average molecular weight is 244 g/mol. The van der Waals surface area contributed by atoms with E-state index in [0.29, 0.717) is 19.7 Å². The molecular formula is C11H20N2O4. The monoisotopic (exact) mass is 244 g/mol. The third-order valence-corrected chi connectivity index (χ3v) is 2.85. The lowest BCUT2D eigenvalue weighted by molar-refractivity contribution is -0.137. The SMILES string of the molecule is COCCCNC(=O)N1CCCC1CC(=O)O. The maximum atomic E-state index is 11.8. The molecule has 1 saturated heterocycles. The maximum absolute atomic E-state index is 11.8. The molecule has 1 fully saturated rings. The summed E-state index contributed by atoms with van der Waals surface area (Å²) >= 11 is 0. The lowest BCUT2D eigenvalue weighted by Gasteiger charge is -2.23. The first kappa shape index (κ1) is 13.8. The van der Waals surface area contributed by atoms with E-state index in [0.717, 1.165) is 19.3 Å². The summed E-state index contributed by atoms with van der Waals surface area (Å²) in [5, 5.41) is 11.5. The van der Waals surface area contributed by atoms with Gasteiger partial charge >= 0.3 is 12.0 Å². The largest absolute Gasteiger partial charge is 0.481 e. The van der Waals surface area contributed by atoms with Crippen molar-refractivity contribution in [1.29, 1.82) is 0 Å². The van der Waals surface area contributed by atoms with Crippen molar-refractivity contribution < 1.29 is 19.4 Å². The minimum Gasteiger partial charge on any atom is -0.481 e. The number of aliphatic carboxylic acids is 1. The fourth-order valence-electron chi connectivity index (χ4n) is 2.03. The second-order valence-electron chi connectivity index (χ2n) is 4.17. The molecule has 1 atom stereocenters. The van der Waals surface area contributed by atoms with E-state index in [9.17, 15) is 9.59 Å². The molecule has 0 saturated carbocycles. The van der Waals surface area contributed by atoms with Crippen molar-refractivity contribution >= 4 is 12.0 Å². The summed E-state index contributed by atoms with van der Waals surface area (Å²) in [6, 6.07) is -0.320. The summed E-state index contributed by atoms with van der Waals surface area (Å²) in [5.41, 5.74) is 0. The Morgan fingerprint density at radius 3 is 2.94 bits per heavy atom. The number of hydrogen-bond donors (Lipinski definition) is 2. The number of urea groups is 1. The minimum absolute atomic E-state index is 0.0332. The van der Waals surface area contributed by atoms with Crippen molar-refractivity contribution in [2.45, 2.75) is 31.7 Å². The van der Waals surface area contributed by atoms with Crippen LogP contribution in [-0.4, -0.2) is 54.9 Å². The van der Waals surface area contributed by atoms with Gasteiger partial charge in [0.15, 0.2) is 0 Å². The number of carbonyl (C=O) groups is 2. The Kier molecular flexibility index (Phi) is 5.76. The standard InChI is InChI=1S/C11H20N2O4/c1-17-7-3-5-12-11(16)13-6-2-4-9(13)8-10(14)15/h9H,2-8H2,1H3,(H,12,16)(H,14,15). The van der Waals surface area contributed by atoms with Gasteiger partial charge in [0.2, 0.25) is 0 Å². The molecule has 0 radical (unpaired) electrons. The molecule has 0 spiro atoms. The molecular weight excluding hydrogens is 224 g/mol. The highest BCUT2D eigenvalue weighted by Gasteiger charge is 2.29. The average Bonchev–Trinajstić information content (AvgIpc) is 2.71. The highest BCUT2D eigenvalue weighted by Crippen LogP contribution is 2.19. The normalized spacial score (nSPS) is 19.4. The number of nitrogens with one attached hydrogen (secondary N) is 1. The highest BCUT2D eigenvalue weighted by atomic mass is 16.5. The first-order valence-electron chi connectivity index (χ1n) is 5.90. The van der Waals surface area contributed by atoms with Gasteiger partial charge in [-0.1, -0.05) is 0 Å². The van der Waals surface area contributed by atoms with Crippen LogP contribution in [0.25, 0.3) is 0 Å². The number of nitrogens with zero attached hydrogens (tertiary/aromatic N) is 1. The summed E-state index contributed by atoms with van der Waals surface area (Å²) < 4.78 is 4.88. The Morgan fingerprint density at radius 2 is 2.29 bits per heavy atom. The van der Waals surface area contributed by atoms with Crippen LogP contribution in [0.5, 0.6) is 0 Å². The molecule has 17 heavy (non-hydrogen) atoms. The van der Waals surface area contributed by atoms with Crippen molar-refractivity contribution in [1.82, 2.24) is 10.2 Å². The number of ether oxygens (including phenoxy) is 1. The van der Waals surface area contributed by atoms with Gasteiger partial charge in [0.1, 0.15) is 0 Å². The molecule has 1 heterocycles. The van der Waals surface area contributed by atoms with Gasteiger partial charge < -0.3 is 20.1 Å². The van der Waals surface area contributed by atoms with Crippen molar-refractivity contribution in [2.24, 2.45) is 0 Å². The van der Waals surface area contributed by atoms with Gasteiger partial charge in [-0.25, -0.2) is 4.79 Å². The third kappa shape index (κ3) is 4.60. The highest BCUT2D eigenvalue weighted by molar-refractivity contribution is 5.76. The van der Waals surface area contributed by atoms with Gasteiger partial charge in [-0.05, 0) is 19.3 Å². The quantitative estimate of drug-likeness (QED) is 0.673. The number of rotatable bonds is 6. The first-order valence-corrected chi connectivity index (χ1v) is 5.90. The van der Waals surface area contributed by atoms with Gasteiger partial charge in [0.25, 0.3) is 0 Å². The van der Waals surface area contributed by atoms with Crippen molar-refractivity contribution in [2.75, 3.05) is 26.8 Å². The van der Waals surface area contributed by atoms with Crippen LogP contribution in [0.2, 0.25) is 0 Å². The van der Waals surface area contributed by atoms with Gasteiger partial charge in [-0.15, -0.1) is 0 Å². The second kappa shape index (κ2) is 7.11. The molecule has 2 N–H and O–H groups in total. The fraction of sp³-hybridized carbons (Fsp3) is 0.818. The Bertz CT molecular complexity index is 270. The van der Waals surface area contributed by atoms with Gasteiger partial charge in [0, 0.05) is 32.8 Å². The van der Waals surface area contributed by atoms with Crippen LogP contribution >= 0.6 is 0 Å². The molecule has 0 aromatic rings. The van der Waals surface area contributed by atoms with E-state index in [1.54, 1.807) is 12.0 Å². The molecule has 0 bridgehead atoms. The molecule has 6 heteroatoms. The molecule has 1 aliphatic rings. The maximum Gasteiger partial charge on any atom is 0.317 e. The second-order valence-corrected chi connectivity index (χ2v) is 4.17. The number of amides is 2. The van der Waals surface area contributed by atoms with E-state index < -0.39 is 5.97 Å². The first-order chi connectivity index (χ1) is 8.15. The number of hydrogen-bond acceptors (Lipinski definition) is 3. The Labute approximate surface area is 101 Å². The van der Waals surface area contributed by atoms with Crippen LogP contribution in [0.3, 0.4) is 0 Å². The van der Waals surface area contributed by atoms with Gasteiger partial charge in [-0.3, -0.25) is 4.79 Å². The zero-order valence-corrected chi connectivity index (χ0v) is 10.1. The smallest absolute Gasteiger partial charge is 0.317 e. The van der Waals surface area contributed by atoms with Crippen molar-refractivity contribution in [3.05, 3.63) is 0 Å². The molecule has 1 aliphatic heterocycles. The van der Waals surface area contributed by atoms with Gasteiger partial charge in [-0.2, -0.15) is 0 Å². The number of carbonyl (C=O) groups excluding carboxylic acids is 1. The van der Waals surface area contributed by atoms with Crippen molar-refractivity contribution in [3.63, 3.8) is 0 Å². The lowest BCUT2D eigenvalue weighted by atomic mass is 10.1. The molecule has 0 aromatic carbocycles. The van der Waals surface area contributed by atoms with Gasteiger partial charge in [0.05, 0.1) is 6.42 Å². The van der Waals surface area contributed by atoms with E-state index in [-0.39, 0.29) is 18.5 Å². The molecule has 6 nitrogen and oxygen atoms in total.